The predicted molar refractivity (Wildman–Crippen MR) is 82.0 cm³/mol. The van der Waals surface area contributed by atoms with E-state index in [2.05, 4.69) is 5.32 Å². The van der Waals surface area contributed by atoms with Crippen molar-refractivity contribution in [2.45, 2.75) is 32.4 Å². The Kier molecular flexibility index (Phi) is 5.22. The molecule has 2 aromatic rings. The number of aliphatic hydroxyl groups is 1. The van der Waals surface area contributed by atoms with E-state index < -0.39 is 0 Å². The van der Waals surface area contributed by atoms with Gasteiger partial charge in [-0.25, -0.2) is 4.79 Å². The average Bonchev–Trinajstić information content (AvgIpc) is 2.87. The van der Waals surface area contributed by atoms with Crippen LogP contribution in [0.2, 0.25) is 0 Å². The third kappa shape index (κ3) is 4.23. The van der Waals surface area contributed by atoms with E-state index in [9.17, 15) is 4.79 Å². The number of carbonyl (C=O) groups excluding carboxylic acids is 1. The summed E-state index contributed by atoms with van der Waals surface area (Å²) >= 11 is 0. The van der Waals surface area contributed by atoms with Gasteiger partial charge in [-0.3, -0.25) is 0 Å². The molecular formula is C16H22N2O3. The van der Waals surface area contributed by atoms with Crippen molar-refractivity contribution in [3.63, 3.8) is 0 Å². The van der Waals surface area contributed by atoms with Crippen LogP contribution in [0.15, 0.2) is 34.7 Å². The zero-order valence-corrected chi connectivity index (χ0v) is 12.5. The van der Waals surface area contributed by atoms with Gasteiger partial charge in [-0.1, -0.05) is 18.2 Å². The number of hydrogen-bond acceptors (Lipinski definition) is 3. The number of urea groups is 1. The Balaban J connectivity index is 1.90. The number of nitrogens with zero attached hydrogens (tertiary/aromatic N) is 1. The van der Waals surface area contributed by atoms with Crippen LogP contribution in [0.4, 0.5) is 4.79 Å². The van der Waals surface area contributed by atoms with Gasteiger partial charge in [0.2, 0.25) is 0 Å². The van der Waals surface area contributed by atoms with E-state index in [0.717, 1.165) is 23.2 Å². The van der Waals surface area contributed by atoms with E-state index in [1.165, 1.54) is 0 Å². The first-order valence-electron chi connectivity index (χ1n) is 7.20. The second-order valence-corrected chi connectivity index (χ2v) is 5.32. The molecule has 0 saturated carbocycles. The monoisotopic (exact) mass is 290 g/mol. The summed E-state index contributed by atoms with van der Waals surface area (Å²) in [6, 6.07) is 9.64. The van der Waals surface area contributed by atoms with Gasteiger partial charge in [0, 0.05) is 25.1 Å². The van der Waals surface area contributed by atoms with Crippen LogP contribution in [0.5, 0.6) is 0 Å². The van der Waals surface area contributed by atoms with Crippen LogP contribution in [-0.2, 0) is 6.54 Å². The molecule has 2 N–H and O–H groups in total. The Morgan fingerprint density at radius 1 is 1.43 bits per heavy atom. The number of carbonyl (C=O) groups is 1. The maximum atomic E-state index is 12.0. The van der Waals surface area contributed by atoms with Crippen LogP contribution in [-0.4, -0.2) is 35.7 Å². The van der Waals surface area contributed by atoms with E-state index in [0.29, 0.717) is 13.0 Å². The van der Waals surface area contributed by atoms with Gasteiger partial charge in [0.25, 0.3) is 0 Å². The summed E-state index contributed by atoms with van der Waals surface area (Å²) < 4.78 is 5.70. The summed E-state index contributed by atoms with van der Waals surface area (Å²) in [4.78, 5) is 13.6. The number of amides is 2. The minimum Gasteiger partial charge on any atom is -0.459 e. The molecule has 1 heterocycles. The largest absolute Gasteiger partial charge is 0.459 e. The molecule has 0 radical (unpaired) electrons. The van der Waals surface area contributed by atoms with Crippen molar-refractivity contribution in [2.24, 2.45) is 0 Å². The lowest BCUT2D eigenvalue weighted by Gasteiger charge is -2.20. The van der Waals surface area contributed by atoms with Gasteiger partial charge in [0.15, 0.2) is 0 Å². The first kappa shape index (κ1) is 15.4. The second kappa shape index (κ2) is 7.13. The molecule has 2 amide bonds. The number of fused-ring (bicyclic) bond motifs is 1. The molecular weight excluding hydrogens is 268 g/mol. The lowest BCUT2D eigenvalue weighted by molar-refractivity contribution is 0.198. The predicted octanol–water partition coefficient (Wildman–Crippen LogP) is 2.74. The van der Waals surface area contributed by atoms with E-state index in [4.69, 9.17) is 9.52 Å². The quantitative estimate of drug-likeness (QED) is 0.859. The van der Waals surface area contributed by atoms with Crippen molar-refractivity contribution in [3.05, 3.63) is 36.1 Å². The second-order valence-electron chi connectivity index (χ2n) is 5.32. The molecule has 0 aliphatic rings. The molecule has 0 fully saturated rings. The number of rotatable bonds is 6. The highest BCUT2D eigenvalue weighted by molar-refractivity contribution is 5.78. The summed E-state index contributed by atoms with van der Waals surface area (Å²) in [6.45, 7) is 2.50. The number of furan rings is 1. The Morgan fingerprint density at radius 2 is 2.19 bits per heavy atom. The molecule has 1 aromatic heterocycles. The van der Waals surface area contributed by atoms with E-state index in [1.54, 1.807) is 11.9 Å². The molecule has 21 heavy (non-hydrogen) atoms. The van der Waals surface area contributed by atoms with Crippen LogP contribution < -0.4 is 5.32 Å². The Bertz CT molecular complexity index is 561. The molecule has 114 valence electrons. The Labute approximate surface area is 124 Å². The van der Waals surface area contributed by atoms with E-state index in [1.807, 2.05) is 37.3 Å². The molecule has 0 aliphatic heterocycles. The van der Waals surface area contributed by atoms with Gasteiger partial charge in [0.1, 0.15) is 11.3 Å². The third-order valence-corrected chi connectivity index (χ3v) is 3.38. The van der Waals surface area contributed by atoms with Crippen molar-refractivity contribution in [1.82, 2.24) is 10.2 Å². The molecule has 0 bridgehead atoms. The van der Waals surface area contributed by atoms with Crippen molar-refractivity contribution >= 4 is 17.0 Å². The topological polar surface area (TPSA) is 65.7 Å². The Hall–Kier alpha value is -2.01. The van der Waals surface area contributed by atoms with Gasteiger partial charge >= 0.3 is 6.03 Å². The minimum atomic E-state index is -0.138. The van der Waals surface area contributed by atoms with Crippen LogP contribution in [0.1, 0.15) is 25.5 Å². The normalized spacial score (nSPS) is 12.3. The van der Waals surface area contributed by atoms with Crippen molar-refractivity contribution in [1.29, 1.82) is 0 Å². The number of nitrogens with one attached hydrogen (secondary N) is 1. The lowest BCUT2D eigenvalue weighted by Crippen LogP contribution is -2.41. The molecule has 0 spiro atoms. The van der Waals surface area contributed by atoms with E-state index >= 15 is 0 Å². The smallest absolute Gasteiger partial charge is 0.317 e. The summed E-state index contributed by atoms with van der Waals surface area (Å²) in [5, 5.41) is 12.7. The number of para-hydroxylation sites is 1. The highest BCUT2D eigenvalue weighted by atomic mass is 16.3. The van der Waals surface area contributed by atoms with Gasteiger partial charge in [-0.05, 0) is 31.9 Å². The first-order chi connectivity index (χ1) is 10.1. The molecule has 5 heteroatoms. The SMILES string of the molecule is CC(CCCO)NC(=O)N(C)Cc1cc2ccccc2o1. The standard InChI is InChI=1S/C16H22N2O3/c1-12(6-5-9-19)17-16(20)18(2)11-14-10-13-7-3-4-8-15(13)21-14/h3-4,7-8,10,12,19H,5-6,9,11H2,1-2H3,(H,17,20). The Morgan fingerprint density at radius 3 is 2.90 bits per heavy atom. The molecule has 2 rings (SSSR count). The van der Waals surface area contributed by atoms with Crippen molar-refractivity contribution in [2.75, 3.05) is 13.7 Å². The molecule has 1 atom stereocenters. The highest BCUT2D eigenvalue weighted by Gasteiger charge is 2.14. The summed E-state index contributed by atoms with van der Waals surface area (Å²) in [7, 11) is 1.74. The number of benzene rings is 1. The third-order valence-electron chi connectivity index (χ3n) is 3.38. The molecule has 1 unspecified atom stereocenters. The summed E-state index contributed by atoms with van der Waals surface area (Å²) in [5.74, 6) is 0.761. The molecule has 1 aromatic carbocycles. The summed E-state index contributed by atoms with van der Waals surface area (Å²) in [5.41, 5.74) is 0.831. The molecule has 5 nitrogen and oxygen atoms in total. The fraction of sp³-hybridized carbons (Fsp3) is 0.438. The van der Waals surface area contributed by atoms with Crippen LogP contribution in [0.25, 0.3) is 11.0 Å². The zero-order chi connectivity index (χ0) is 15.2. The maximum Gasteiger partial charge on any atom is 0.317 e. The van der Waals surface area contributed by atoms with Gasteiger partial charge < -0.3 is 19.7 Å². The van der Waals surface area contributed by atoms with Gasteiger partial charge in [-0.15, -0.1) is 0 Å². The van der Waals surface area contributed by atoms with Gasteiger partial charge in [0.05, 0.1) is 6.54 Å². The number of hydrogen-bond donors (Lipinski definition) is 2. The average molecular weight is 290 g/mol. The fourth-order valence-electron chi connectivity index (χ4n) is 2.21. The number of aliphatic hydroxyl groups excluding tert-OH is 1. The minimum absolute atomic E-state index is 0.0442. The first-order valence-corrected chi connectivity index (χ1v) is 7.20. The van der Waals surface area contributed by atoms with Crippen molar-refractivity contribution in [3.8, 4) is 0 Å². The van der Waals surface area contributed by atoms with Gasteiger partial charge in [-0.2, -0.15) is 0 Å². The highest BCUT2D eigenvalue weighted by Crippen LogP contribution is 2.19. The maximum absolute atomic E-state index is 12.0. The molecule has 0 saturated heterocycles. The fourth-order valence-corrected chi connectivity index (χ4v) is 2.21. The van der Waals surface area contributed by atoms with Crippen LogP contribution >= 0.6 is 0 Å². The zero-order valence-electron chi connectivity index (χ0n) is 12.5. The molecule has 0 aliphatic carbocycles. The van der Waals surface area contributed by atoms with E-state index in [-0.39, 0.29) is 18.7 Å². The van der Waals surface area contributed by atoms with Crippen LogP contribution in [0, 0.1) is 0 Å². The lowest BCUT2D eigenvalue weighted by atomic mass is 10.2. The summed E-state index contributed by atoms with van der Waals surface area (Å²) in [6.07, 6.45) is 1.45. The van der Waals surface area contributed by atoms with Crippen molar-refractivity contribution < 1.29 is 14.3 Å². The van der Waals surface area contributed by atoms with Crippen LogP contribution in [0.3, 0.4) is 0 Å².